The van der Waals surface area contributed by atoms with Crippen LogP contribution in [0.2, 0.25) is 0 Å². The number of rotatable bonds is 6. The Labute approximate surface area is 215 Å². The van der Waals surface area contributed by atoms with Crippen LogP contribution in [-0.2, 0) is 16.0 Å². The lowest BCUT2D eigenvalue weighted by atomic mass is 9.97. The highest BCUT2D eigenvalue weighted by Gasteiger charge is 2.52. The number of halogens is 1. The summed E-state index contributed by atoms with van der Waals surface area (Å²) in [6.07, 6.45) is 1.93. The lowest BCUT2D eigenvalue weighted by Crippen LogP contribution is -2.55. The maximum atomic E-state index is 15.0. The SMILES string of the molecule is CC(C)(C)OC(=O)N1[C@@H]2CCC(C2)[C@H]1C(=O)NC(C#N)Cc1ccc(-c2cccc(SN)c2)cc1F. The summed E-state index contributed by atoms with van der Waals surface area (Å²) in [4.78, 5) is 28.5. The summed E-state index contributed by atoms with van der Waals surface area (Å²) in [5.74, 6) is -0.823. The molecule has 1 saturated heterocycles. The van der Waals surface area contributed by atoms with Crippen LogP contribution >= 0.6 is 11.9 Å². The quantitative estimate of drug-likeness (QED) is 0.541. The van der Waals surface area contributed by atoms with E-state index < -0.39 is 35.5 Å². The first kappa shape index (κ1) is 26.0. The molecule has 3 N–H and O–H groups in total. The van der Waals surface area contributed by atoms with Crippen molar-refractivity contribution in [2.45, 2.75) is 75.1 Å². The van der Waals surface area contributed by atoms with Crippen LogP contribution in [0.1, 0.15) is 45.6 Å². The minimum atomic E-state index is -0.936. The van der Waals surface area contributed by atoms with E-state index in [9.17, 15) is 19.2 Å². The number of fused-ring (bicyclic) bond motifs is 2. The predicted octanol–water partition coefficient (Wildman–Crippen LogP) is 4.80. The highest BCUT2D eigenvalue weighted by atomic mass is 32.2. The van der Waals surface area contributed by atoms with Gasteiger partial charge < -0.3 is 10.1 Å². The molecule has 1 saturated carbocycles. The zero-order valence-corrected chi connectivity index (χ0v) is 21.5. The molecule has 0 aromatic heterocycles. The van der Waals surface area contributed by atoms with Crippen molar-refractivity contribution < 1.29 is 18.7 Å². The second-order valence-corrected chi connectivity index (χ2v) is 11.1. The van der Waals surface area contributed by atoms with Crippen LogP contribution in [0.4, 0.5) is 9.18 Å². The van der Waals surface area contributed by atoms with E-state index in [2.05, 4.69) is 11.4 Å². The van der Waals surface area contributed by atoms with Gasteiger partial charge in [0.05, 0.1) is 6.07 Å². The van der Waals surface area contributed by atoms with Crippen LogP contribution in [0.25, 0.3) is 11.1 Å². The zero-order chi connectivity index (χ0) is 26.0. The van der Waals surface area contributed by atoms with Gasteiger partial charge in [0.2, 0.25) is 5.91 Å². The summed E-state index contributed by atoms with van der Waals surface area (Å²) in [7, 11) is 0. The van der Waals surface area contributed by atoms with Crippen LogP contribution < -0.4 is 10.5 Å². The number of nitrogens with one attached hydrogen (secondary N) is 1. The van der Waals surface area contributed by atoms with Gasteiger partial charge in [0.15, 0.2) is 0 Å². The minimum absolute atomic E-state index is 0.0142. The molecule has 2 aromatic rings. The molecule has 2 amide bonds. The highest BCUT2D eigenvalue weighted by Crippen LogP contribution is 2.43. The molecular weight excluding hydrogens is 479 g/mol. The van der Waals surface area contributed by atoms with E-state index in [0.29, 0.717) is 11.1 Å². The summed E-state index contributed by atoms with van der Waals surface area (Å²) in [6.45, 7) is 5.36. The van der Waals surface area contributed by atoms with E-state index >= 15 is 0 Å². The summed E-state index contributed by atoms with van der Waals surface area (Å²) in [6, 6.07) is 12.7. The molecule has 4 atom stereocenters. The van der Waals surface area contributed by atoms with Crippen molar-refractivity contribution in [3.63, 3.8) is 0 Å². The normalized spacial score (nSPS) is 21.7. The maximum Gasteiger partial charge on any atom is 0.411 e. The first-order valence-electron chi connectivity index (χ1n) is 12.1. The number of nitriles is 1. The molecule has 190 valence electrons. The third kappa shape index (κ3) is 5.66. The molecule has 1 aliphatic carbocycles. The molecule has 7 nitrogen and oxygen atoms in total. The third-order valence-electron chi connectivity index (χ3n) is 6.71. The largest absolute Gasteiger partial charge is 0.444 e. The average molecular weight is 511 g/mol. The summed E-state index contributed by atoms with van der Waals surface area (Å²) < 4.78 is 20.5. The Morgan fingerprint density at radius 1 is 1.25 bits per heavy atom. The van der Waals surface area contributed by atoms with Gasteiger partial charge in [-0.15, -0.1) is 0 Å². The van der Waals surface area contributed by atoms with Gasteiger partial charge in [-0.2, -0.15) is 5.26 Å². The molecule has 2 unspecified atom stereocenters. The maximum absolute atomic E-state index is 15.0. The van der Waals surface area contributed by atoms with E-state index in [0.717, 1.165) is 41.7 Å². The number of benzene rings is 2. The number of hydrogen-bond acceptors (Lipinski definition) is 6. The monoisotopic (exact) mass is 510 g/mol. The van der Waals surface area contributed by atoms with E-state index in [4.69, 9.17) is 9.88 Å². The fourth-order valence-electron chi connectivity index (χ4n) is 5.15. The number of ether oxygens (including phenoxy) is 1. The number of nitrogens with zero attached hydrogens (tertiary/aromatic N) is 2. The third-order valence-corrected chi connectivity index (χ3v) is 7.24. The van der Waals surface area contributed by atoms with E-state index in [-0.39, 0.29) is 18.4 Å². The molecule has 2 bridgehead atoms. The van der Waals surface area contributed by atoms with Crippen molar-refractivity contribution in [1.29, 1.82) is 5.26 Å². The Morgan fingerprint density at radius 2 is 2.00 bits per heavy atom. The number of nitrogens with two attached hydrogens (primary N) is 1. The molecule has 2 fully saturated rings. The first-order chi connectivity index (χ1) is 17.1. The van der Waals surface area contributed by atoms with Crippen LogP contribution in [0, 0.1) is 23.1 Å². The first-order valence-corrected chi connectivity index (χ1v) is 12.9. The Balaban J connectivity index is 1.46. The lowest BCUT2D eigenvalue weighted by Gasteiger charge is -2.35. The summed E-state index contributed by atoms with van der Waals surface area (Å²) in [5, 5.41) is 18.1. The summed E-state index contributed by atoms with van der Waals surface area (Å²) >= 11 is 1.12. The van der Waals surface area contributed by atoms with Gasteiger partial charge in [-0.3, -0.25) is 14.8 Å². The Kier molecular flexibility index (Phi) is 7.57. The fourth-order valence-corrected chi connectivity index (χ4v) is 5.50. The van der Waals surface area contributed by atoms with Gasteiger partial charge in [0.25, 0.3) is 0 Å². The molecule has 1 heterocycles. The smallest absolute Gasteiger partial charge is 0.411 e. The van der Waals surface area contributed by atoms with Crippen molar-refractivity contribution in [3.8, 4) is 17.2 Å². The van der Waals surface area contributed by atoms with Crippen LogP contribution in [0.5, 0.6) is 0 Å². The number of hydrogen-bond donors (Lipinski definition) is 2. The van der Waals surface area contributed by atoms with Crippen molar-refractivity contribution in [2.75, 3.05) is 0 Å². The summed E-state index contributed by atoms with van der Waals surface area (Å²) in [5.41, 5.74) is 1.18. The van der Waals surface area contributed by atoms with Gasteiger partial charge in [-0.1, -0.05) is 24.3 Å². The van der Waals surface area contributed by atoms with Crippen molar-refractivity contribution >= 4 is 23.9 Å². The molecule has 9 heteroatoms. The second-order valence-electron chi connectivity index (χ2n) is 10.4. The number of carbonyl (C=O) groups is 2. The number of carbonyl (C=O) groups excluding carboxylic acids is 2. The van der Waals surface area contributed by atoms with Gasteiger partial charge in [0, 0.05) is 17.4 Å². The zero-order valence-electron chi connectivity index (χ0n) is 20.7. The van der Waals surface area contributed by atoms with Crippen LogP contribution in [0.15, 0.2) is 47.4 Å². The molecule has 1 aliphatic heterocycles. The number of piperidine rings is 1. The molecule has 4 rings (SSSR count). The van der Waals surface area contributed by atoms with Crippen LogP contribution in [0.3, 0.4) is 0 Å². The molecule has 0 radical (unpaired) electrons. The number of likely N-dealkylation sites (tertiary alicyclic amines) is 1. The van der Waals surface area contributed by atoms with E-state index in [1.165, 1.54) is 11.0 Å². The van der Waals surface area contributed by atoms with Gasteiger partial charge in [0.1, 0.15) is 23.5 Å². The number of amides is 2. The molecule has 2 aliphatic rings. The molecular formula is C27H31FN4O3S. The van der Waals surface area contributed by atoms with Crippen molar-refractivity contribution in [3.05, 3.63) is 53.8 Å². The Morgan fingerprint density at radius 3 is 2.67 bits per heavy atom. The Bertz CT molecular complexity index is 1190. The topological polar surface area (TPSA) is 108 Å². The fraction of sp³-hybridized carbons (Fsp3) is 0.444. The predicted molar refractivity (Wildman–Crippen MR) is 136 cm³/mol. The van der Waals surface area contributed by atoms with Gasteiger partial charge >= 0.3 is 6.09 Å². The average Bonchev–Trinajstić information content (AvgIpc) is 3.45. The minimum Gasteiger partial charge on any atom is -0.444 e. The second kappa shape index (κ2) is 10.5. The van der Waals surface area contributed by atoms with Gasteiger partial charge in [-0.05, 0) is 92.8 Å². The van der Waals surface area contributed by atoms with Crippen molar-refractivity contribution in [1.82, 2.24) is 10.2 Å². The molecule has 36 heavy (non-hydrogen) atoms. The standard InChI is InChI=1S/C27H31FN4O3S/c1-27(2,3)35-26(34)32-21-10-9-19(12-21)24(32)25(33)31-20(15-29)11-18-8-7-17(14-23(18)28)16-5-4-6-22(13-16)36-30/h4-8,13-14,19-21,24H,9-12,30H2,1-3H3,(H,31,33)/t19?,20?,21-,24+/m1/s1. The lowest BCUT2D eigenvalue weighted by molar-refractivity contribution is -0.128. The highest BCUT2D eigenvalue weighted by molar-refractivity contribution is 7.97. The molecule has 0 spiro atoms. The molecule has 2 aromatic carbocycles. The van der Waals surface area contributed by atoms with E-state index in [1.54, 1.807) is 32.9 Å². The van der Waals surface area contributed by atoms with Crippen LogP contribution in [-0.4, -0.2) is 40.6 Å². The van der Waals surface area contributed by atoms with Gasteiger partial charge in [-0.25, -0.2) is 9.18 Å². The Hall–Kier alpha value is -3.09. The van der Waals surface area contributed by atoms with Crippen molar-refractivity contribution in [2.24, 2.45) is 11.1 Å². The van der Waals surface area contributed by atoms with E-state index in [1.807, 2.05) is 24.3 Å².